The number of Topliss-reactive ketones (excluding diaryl/α,β-unsaturated/α-hetero) is 1. The summed E-state index contributed by atoms with van der Waals surface area (Å²) in [6.45, 7) is 1.17. The van der Waals surface area contributed by atoms with Crippen molar-refractivity contribution in [1.82, 2.24) is 14.6 Å². The molecule has 1 aliphatic rings. The maximum absolute atomic E-state index is 15.7. The first-order valence-corrected chi connectivity index (χ1v) is 12.9. The Morgan fingerprint density at radius 3 is 2.49 bits per heavy atom. The van der Waals surface area contributed by atoms with Crippen molar-refractivity contribution in [3.05, 3.63) is 76.9 Å². The molecule has 12 heteroatoms. The van der Waals surface area contributed by atoms with Crippen LogP contribution in [0.3, 0.4) is 0 Å². The SMILES string of the molecule is COc1ccc(C(F)(F)c2cc(NCCC(F)(F)F)c3ncc(-c4ccc(C(=O)CC5CC5)c(C)c4)n3n2)cc1F. The first kappa shape index (κ1) is 28.4. The summed E-state index contributed by atoms with van der Waals surface area (Å²) < 4.78 is 90.2. The van der Waals surface area contributed by atoms with Crippen LogP contribution in [0.4, 0.5) is 32.0 Å². The van der Waals surface area contributed by atoms with Gasteiger partial charge in [-0.1, -0.05) is 12.1 Å². The number of nitrogens with zero attached hydrogens (tertiary/aromatic N) is 3. The van der Waals surface area contributed by atoms with Gasteiger partial charge in [0.25, 0.3) is 0 Å². The van der Waals surface area contributed by atoms with Crippen molar-refractivity contribution in [3.8, 4) is 17.0 Å². The predicted molar refractivity (Wildman–Crippen MR) is 140 cm³/mol. The number of rotatable bonds is 10. The standard InChI is InChI=1S/C29H26F6N4O2/c1-16-11-18(5-7-20(16)24(40)12-17-3-4-17)23-15-37-27-22(36-10-9-28(31,32)33)14-26(38-39(23)27)29(34,35)19-6-8-25(41-2)21(30)13-19/h5-8,11,13-15,17,36H,3-4,9-10,12H2,1-2H3. The third-order valence-corrected chi connectivity index (χ3v) is 7.02. The van der Waals surface area contributed by atoms with Crippen LogP contribution >= 0.6 is 0 Å². The Labute approximate surface area is 231 Å². The number of carbonyl (C=O) groups is 1. The van der Waals surface area contributed by atoms with Crippen LogP contribution in [0, 0.1) is 18.7 Å². The molecular formula is C29H26F6N4O2. The normalized spacial score (nSPS) is 14.0. The summed E-state index contributed by atoms with van der Waals surface area (Å²) in [5.74, 6) is -4.64. The number of aryl methyl sites for hydroxylation is 1. The molecule has 2 heterocycles. The van der Waals surface area contributed by atoms with Gasteiger partial charge in [0.05, 0.1) is 31.1 Å². The Hall–Kier alpha value is -4.09. The average Bonchev–Trinajstić information content (AvgIpc) is 3.62. The largest absolute Gasteiger partial charge is 0.494 e. The van der Waals surface area contributed by atoms with Crippen molar-refractivity contribution in [2.75, 3.05) is 19.0 Å². The second-order valence-electron chi connectivity index (χ2n) is 10.1. The third-order valence-electron chi connectivity index (χ3n) is 7.02. The molecule has 216 valence electrons. The van der Waals surface area contributed by atoms with Gasteiger partial charge in [0.15, 0.2) is 23.0 Å². The molecule has 0 amide bonds. The summed E-state index contributed by atoms with van der Waals surface area (Å²) in [6.07, 6.45) is -1.78. The zero-order valence-corrected chi connectivity index (χ0v) is 22.2. The summed E-state index contributed by atoms with van der Waals surface area (Å²) in [6, 6.07) is 8.60. The zero-order chi connectivity index (χ0) is 29.5. The van der Waals surface area contributed by atoms with Gasteiger partial charge in [-0.2, -0.15) is 27.1 Å². The lowest BCUT2D eigenvalue weighted by Gasteiger charge is -2.19. The quantitative estimate of drug-likeness (QED) is 0.158. The van der Waals surface area contributed by atoms with Gasteiger partial charge in [0.1, 0.15) is 5.69 Å². The molecule has 1 N–H and O–H groups in total. The Kier molecular flexibility index (Phi) is 7.43. The number of aromatic nitrogens is 3. The number of hydrogen-bond acceptors (Lipinski definition) is 5. The third kappa shape index (κ3) is 6.01. The molecular weight excluding hydrogens is 550 g/mol. The van der Waals surface area contributed by atoms with Crippen LogP contribution in [-0.2, 0) is 5.92 Å². The molecule has 4 aromatic rings. The summed E-state index contributed by atoms with van der Waals surface area (Å²) >= 11 is 0. The molecule has 1 aliphatic carbocycles. The van der Waals surface area contributed by atoms with Crippen LogP contribution in [0.25, 0.3) is 16.9 Å². The molecule has 0 spiro atoms. The lowest BCUT2D eigenvalue weighted by atomic mass is 9.98. The van der Waals surface area contributed by atoms with Crippen molar-refractivity contribution < 1.29 is 35.9 Å². The van der Waals surface area contributed by atoms with E-state index in [4.69, 9.17) is 4.74 Å². The predicted octanol–water partition coefficient (Wildman–Crippen LogP) is 7.34. The van der Waals surface area contributed by atoms with Gasteiger partial charge >= 0.3 is 12.1 Å². The number of imidazole rings is 1. The Balaban J connectivity index is 1.58. The second kappa shape index (κ2) is 10.7. The fourth-order valence-electron chi connectivity index (χ4n) is 4.63. The second-order valence-corrected chi connectivity index (χ2v) is 10.1. The number of benzene rings is 2. The van der Waals surface area contributed by atoms with Gasteiger partial charge < -0.3 is 10.1 Å². The number of ketones is 1. The van der Waals surface area contributed by atoms with E-state index < -0.39 is 42.1 Å². The fourth-order valence-corrected chi connectivity index (χ4v) is 4.63. The summed E-state index contributed by atoms with van der Waals surface area (Å²) in [7, 11) is 1.20. The number of fused-ring (bicyclic) bond motifs is 1. The monoisotopic (exact) mass is 576 g/mol. The number of ether oxygens (including phenoxy) is 1. The van der Waals surface area contributed by atoms with E-state index in [1.165, 1.54) is 13.3 Å². The number of nitrogens with one attached hydrogen (secondary N) is 1. The van der Waals surface area contributed by atoms with Crippen molar-refractivity contribution in [2.24, 2.45) is 5.92 Å². The van der Waals surface area contributed by atoms with E-state index in [2.05, 4.69) is 15.4 Å². The van der Waals surface area contributed by atoms with E-state index >= 15 is 8.78 Å². The highest BCUT2D eigenvalue weighted by Gasteiger charge is 2.38. The number of alkyl halides is 5. The first-order chi connectivity index (χ1) is 19.4. The van der Waals surface area contributed by atoms with E-state index in [1.807, 2.05) is 0 Å². The van der Waals surface area contributed by atoms with E-state index in [-0.39, 0.29) is 28.6 Å². The minimum Gasteiger partial charge on any atom is -0.494 e. The maximum atomic E-state index is 15.7. The van der Waals surface area contributed by atoms with Crippen LogP contribution in [0.2, 0.25) is 0 Å². The molecule has 0 radical (unpaired) electrons. The van der Waals surface area contributed by atoms with E-state index in [1.54, 1.807) is 25.1 Å². The summed E-state index contributed by atoms with van der Waals surface area (Å²) in [4.78, 5) is 16.9. The van der Waals surface area contributed by atoms with Crippen molar-refractivity contribution in [1.29, 1.82) is 0 Å². The van der Waals surface area contributed by atoms with Crippen molar-refractivity contribution in [3.63, 3.8) is 0 Å². The molecule has 5 rings (SSSR count). The highest BCUT2D eigenvalue weighted by molar-refractivity contribution is 5.98. The maximum Gasteiger partial charge on any atom is 0.390 e. The molecule has 0 aliphatic heterocycles. The molecule has 6 nitrogen and oxygen atoms in total. The van der Waals surface area contributed by atoms with Crippen LogP contribution in [0.5, 0.6) is 5.75 Å². The number of carbonyl (C=O) groups excluding carboxylic acids is 1. The molecule has 0 saturated heterocycles. The molecule has 0 atom stereocenters. The molecule has 2 aromatic heterocycles. The van der Waals surface area contributed by atoms with Gasteiger partial charge in [-0.15, -0.1) is 0 Å². The zero-order valence-electron chi connectivity index (χ0n) is 22.2. The van der Waals surface area contributed by atoms with Crippen LogP contribution in [0.15, 0.2) is 48.7 Å². The molecule has 1 saturated carbocycles. The number of methoxy groups -OCH3 is 1. The Morgan fingerprint density at radius 1 is 1.10 bits per heavy atom. The topological polar surface area (TPSA) is 68.5 Å². The molecule has 0 unspecified atom stereocenters. The van der Waals surface area contributed by atoms with Gasteiger partial charge in [-0.05, 0) is 61.6 Å². The molecule has 1 fully saturated rings. The number of hydrogen-bond donors (Lipinski definition) is 1. The van der Waals surface area contributed by atoms with Gasteiger partial charge in [-0.25, -0.2) is 13.9 Å². The molecule has 0 bridgehead atoms. The van der Waals surface area contributed by atoms with Crippen molar-refractivity contribution in [2.45, 2.75) is 44.7 Å². The van der Waals surface area contributed by atoms with Gasteiger partial charge in [0, 0.05) is 29.7 Å². The highest BCUT2D eigenvalue weighted by Crippen LogP contribution is 2.39. The molecule has 41 heavy (non-hydrogen) atoms. The number of anilines is 1. The Bertz CT molecular complexity index is 1610. The van der Waals surface area contributed by atoms with Gasteiger partial charge in [0.2, 0.25) is 0 Å². The number of halogens is 6. The van der Waals surface area contributed by atoms with Gasteiger partial charge in [-0.3, -0.25) is 4.79 Å². The summed E-state index contributed by atoms with van der Waals surface area (Å²) in [5.41, 5.74) is 0.398. The fraction of sp³-hybridized carbons (Fsp3) is 0.345. The minimum atomic E-state index is -4.47. The Morgan fingerprint density at radius 2 is 1.85 bits per heavy atom. The molecule has 2 aromatic carbocycles. The lowest BCUT2D eigenvalue weighted by molar-refractivity contribution is -0.131. The van der Waals surface area contributed by atoms with E-state index in [0.29, 0.717) is 35.1 Å². The van der Waals surface area contributed by atoms with Crippen LogP contribution in [-0.4, -0.2) is 40.2 Å². The smallest absolute Gasteiger partial charge is 0.390 e. The van der Waals surface area contributed by atoms with Crippen LogP contribution in [0.1, 0.15) is 52.9 Å². The van der Waals surface area contributed by atoms with E-state index in [9.17, 15) is 22.4 Å². The highest BCUT2D eigenvalue weighted by atomic mass is 19.4. The minimum absolute atomic E-state index is 0.0224. The average molecular weight is 577 g/mol. The summed E-state index contributed by atoms with van der Waals surface area (Å²) in [5, 5.41) is 6.65. The first-order valence-electron chi connectivity index (χ1n) is 12.9. The van der Waals surface area contributed by atoms with E-state index in [0.717, 1.165) is 35.6 Å². The van der Waals surface area contributed by atoms with Crippen LogP contribution < -0.4 is 10.1 Å². The lowest BCUT2D eigenvalue weighted by Crippen LogP contribution is -2.21. The van der Waals surface area contributed by atoms with Crippen molar-refractivity contribution >= 4 is 17.1 Å².